The molecule has 1 aliphatic rings. The number of rotatable bonds is 6. The molecule has 1 aliphatic carbocycles. The molecule has 0 fully saturated rings. The highest BCUT2D eigenvalue weighted by Crippen LogP contribution is 2.29. The second-order valence-corrected chi connectivity index (χ2v) is 6.40. The van der Waals surface area contributed by atoms with Gasteiger partial charge in [-0.2, -0.15) is 0 Å². The maximum atomic E-state index is 5.39. The fourth-order valence-electron chi connectivity index (χ4n) is 3.34. The van der Waals surface area contributed by atoms with E-state index in [1.165, 1.54) is 11.3 Å². The predicted octanol–water partition coefficient (Wildman–Crippen LogP) is 4.08. The normalized spacial score (nSPS) is 20.1. The number of ether oxygens (including phenoxy) is 2. The lowest BCUT2D eigenvalue weighted by atomic mass is 9.94. The van der Waals surface area contributed by atoms with Crippen LogP contribution in [0.25, 0.3) is 0 Å². The molecule has 2 aromatic rings. The van der Waals surface area contributed by atoms with Gasteiger partial charge in [0, 0.05) is 30.4 Å². The molecule has 1 aromatic carbocycles. The zero-order valence-electron chi connectivity index (χ0n) is 14.9. The van der Waals surface area contributed by atoms with Crippen molar-refractivity contribution in [1.29, 1.82) is 0 Å². The average molecular weight is 338 g/mol. The molecule has 2 atom stereocenters. The molecule has 4 nitrogen and oxygen atoms in total. The lowest BCUT2D eigenvalue weighted by Gasteiger charge is -2.21. The molecule has 0 spiro atoms. The van der Waals surface area contributed by atoms with Crippen molar-refractivity contribution >= 4 is 0 Å². The molecule has 3 rings (SSSR count). The van der Waals surface area contributed by atoms with Crippen LogP contribution in [0.2, 0.25) is 0 Å². The highest BCUT2D eigenvalue weighted by Gasteiger charge is 2.19. The second kappa shape index (κ2) is 8.67. The summed E-state index contributed by atoms with van der Waals surface area (Å²) in [7, 11) is 3.33. The highest BCUT2D eigenvalue weighted by molar-refractivity contribution is 5.42. The van der Waals surface area contributed by atoms with Crippen LogP contribution in [0.15, 0.2) is 54.7 Å². The monoisotopic (exact) mass is 338 g/mol. The first-order valence-electron chi connectivity index (χ1n) is 8.80. The van der Waals surface area contributed by atoms with E-state index in [1.54, 1.807) is 14.2 Å². The van der Waals surface area contributed by atoms with Crippen molar-refractivity contribution in [2.75, 3.05) is 14.2 Å². The Bertz CT molecular complexity index is 700. The van der Waals surface area contributed by atoms with E-state index >= 15 is 0 Å². The Labute approximate surface area is 149 Å². The summed E-state index contributed by atoms with van der Waals surface area (Å²) < 4.78 is 10.7. The van der Waals surface area contributed by atoms with Crippen LogP contribution < -0.4 is 14.8 Å². The number of allylic oxidation sites excluding steroid dienone is 1. The third-order valence-corrected chi connectivity index (χ3v) is 4.73. The largest absolute Gasteiger partial charge is 0.493 e. The van der Waals surface area contributed by atoms with E-state index in [0.29, 0.717) is 12.0 Å². The van der Waals surface area contributed by atoms with Crippen LogP contribution >= 0.6 is 0 Å². The molecule has 0 aliphatic heterocycles. The van der Waals surface area contributed by atoms with Crippen LogP contribution in [0, 0.1) is 0 Å². The van der Waals surface area contributed by atoms with Gasteiger partial charge in [-0.15, -0.1) is 0 Å². The summed E-state index contributed by atoms with van der Waals surface area (Å²) in [6.45, 7) is 0.813. The van der Waals surface area contributed by atoms with Gasteiger partial charge in [0.15, 0.2) is 11.5 Å². The quantitative estimate of drug-likeness (QED) is 0.806. The lowest BCUT2D eigenvalue weighted by molar-refractivity contribution is 0.354. The number of benzene rings is 1. The van der Waals surface area contributed by atoms with Crippen LogP contribution in [0.4, 0.5) is 0 Å². The molecule has 0 saturated carbocycles. The Kier molecular flexibility index (Phi) is 6.07. The van der Waals surface area contributed by atoms with Crippen LogP contribution in [0.5, 0.6) is 11.5 Å². The summed E-state index contributed by atoms with van der Waals surface area (Å²) in [5.41, 5.74) is 2.38. The zero-order valence-corrected chi connectivity index (χ0v) is 14.9. The Balaban J connectivity index is 1.63. The lowest BCUT2D eigenvalue weighted by Crippen LogP contribution is -2.29. The number of pyridine rings is 1. The number of nitrogens with one attached hydrogen (secondary N) is 1. The highest BCUT2D eigenvalue weighted by atomic mass is 16.5. The minimum absolute atomic E-state index is 0.443. The first kappa shape index (κ1) is 17.5. The Morgan fingerprint density at radius 1 is 1.04 bits per heavy atom. The van der Waals surface area contributed by atoms with E-state index in [-0.39, 0.29) is 0 Å². The fourth-order valence-corrected chi connectivity index (χ4v) is 3.34. The van der Waals surface area contributed by atoms with Crippen molar-refractivity contribution in [3.63, 3.8) is 0 Å². The SMILES string of the molecule is COc1ccc(CNC2CC=CCC(c3ccccn3)C2)cc1OC. The van der Waals surface area contributed by atoms with Gasteiger partial charge in [0.1, 0.15) is 0 Å². The van der Waals surface area contributed by atoms with Gasteiger partial charge in [0.2, 0.25) is 0 Å². The van der Waals surface area contributed by atoms with Gasteiger partial charge < -0.3 is 14.8 Å². The fraction of sp³-hybridized carbons (Fsp3) is 0.381. The van der Waals surface area contributed by atoms with E-state index in [9.17, 15) is 0 Å². The minimum Gasteiger partial charge on any atom is -0.493 e. The summed E-state index contributed by atoms with van der Waals surface area (Å²) in [4.78, 5) is 4.55. The number of hydrogen-bond donors (Lipinski definition) is 1. The summed E-state index contributed by atoms with van der Waals surface area (Å²) in [6, 6.07) is 12.7. The molecule has 0 radical (unpaired) electrons. The Hall–Kier alpha value is -2.33. The number of aromatic nitrogens is 1. The maximum Gasteiger partial charge on any atom is 0.161 e. The average Bonchev–Trinajstić information content (AvgIpc) is 2.92. The number of hydrogen-bond acceptors (Lipinski definition) is 4. The summed E-state index contributed by atoms with van der Waals surface area (Å²) in [5.74, 6) is 2.01. The molecule has 0 bridgehead atoms. The molecule has 4 heteroatoms. The Morgan fingerprint density at radius 2 is 1.88 bits per heavy atom. The predicted molar refractivity (Wildman–Crippen MR) is 100 cm³/mol. The molecular weight excluding hydrogens is 312 g/mol. The summed E-state index contributed by atoms with van der Waals surface area (Å²) in [6.07, 6.45) is 9.67. The smallest absolute Gasteiger partial charge is 0.161 e. The van der Waals surface area contributed by atoms with Crippen molar-refractivity contribution in [1.82, 2.24) is 10.3 Å². The summed E-state index contributed by atoms with van der Waals surface area (Å²) >= 11 is 0. The van der Waals surface area contributed by atoms with Crippen LogP contribution in [0.3, 0.4) is 0 Å². The van der Waals surface area contributed by atoms with E-state index in [2.05, 4.69) is 40.7 Å². The molecular formula is C21H26N2O2. The summed E-state index contributed by atoms with van der Waals surface area (Å²) in [5, 5.41) is 3.69. The topological polar surface area (TPSA) is 43.4 Å². The Morgan fingerprint density at radius 3 is 2.64 bits per heavy atom. The first-order valence-corrected chi connectivity index (χ1v) is 8.80. The van der Waals surface area contributed by atoms with Crippen molar-refractivity contribution in [3.05, 3.63) is 66.0 Å². The van der Waals surface area contributed by atoms with Gasteiger partial charge in [0.05, 0.1) is 14.2 Å². The van der Waals surface area contributed by atoms with Gasteiger partial charge in [0.25, 0.3) is 0 Å². The molecule has 25 heavy (non-hydrogen) atoms. The zero-order chi connectivity index (χ0) is 17.5. The van der Waals surface area contributed by atoms with Gasteiger partial charge in [-0.25, -0.2) is 0 Å². The van der Waals surface area contributed by atoms with Crippen molar-refractivity contribution in [2.24, 2.45) is 0 Å². The third-order valence-electron chi connectivity index (χ3n) is 4.73. The van der Waals surface area contributed by atoms with Crippen LogP contribution in [-0.4, -0.2) is 25.2 Å². The van der Waals surface area contributed by atoms with Crippen LogP contribution in [0.1, 0.15) is 36.4 Å². The van der Waals surface area contributed by atoms with Crippen LogP contribution in [-0.2, 0) is 6.54 Å². The third kappa shape index (κ3) is 4.60. The van der Waals surface area contributed by atoms with Crippen molar-refractivity contribution in [3.8, 4) is 11.5 Å². The van der Waals surface area contributed by atoms with E-state index < -0.39 is 0 Å². The van der Waals surface area contributed by atoms with E-state index in [0.717, 1.165) is 37.3 Å². The molecule has 132 valence electrons. The van der Waals surface area contributed by atoms with Crippen molar-refractivity contribution < 1.29 is 9.47 Å². The maximum absolute atomic E-state index is 5.39. The number of nitrogens with zero attached hydrogens (tertiary/aromatic N) is 1. The first-order chi connectivity index (χ1) is 12.3. The molecule has 0 saturated heterocycles. The molecule has 1 heterocycles. The van der Waals surface area contributed by atoms with E-state index in [1.807, 2.05) is 24.4 Å². The molecule has 2 unspecified atom stereocenters. The molecule has 1 N–H and O–H groups in total. The molecule has 1 aromatic heterocycles. The van der Waals surface area contributed by atoms with Crippen molar-refractivity contribution in [2.45, 2.75) is 37.8 Å². The number of methoxy groups -OCH3 is 2. The van der Waals surface area contributed by atoms with Gasteiger partial charge in [-0.1, -0.05) is 24.3 Å². The van der Waals surface area contributed by atoms with Gasteiger partial charge in [-0.3, -0.25) is 4.98 Å². The van der Waals surface area contributed by atoms with Gasteiger partial charge in [-0.05, 0) is 49.1 Å². The minimum atomic E-state index is 0.443. The molecule has 0 amide bonds. The van der Waals surface area contributed by atoms with E-state index in [4.69, 9.17) is 9.47 Å². The standard InChI is InChI=1S/C21H26N2O2/c1-24-20-11-10-16(13-21(20)25-2)15-23-18-8-4-3-7-17(14-18)19-9-5-6-12-22-19/h3-6,9-13,17-18,23H,7-8,14-15H2,1-2H3. The second-order valence-electron chi connectivity index (χ2n) is 6.40. The van der Waals surface area contributed by atoms with Gasteiger partial charge >= 0.3 is 0 Å².